The van der Waals surface area contributed by atoms with Crippen molar-refractivity contribution in [2.45, 2.75) is 63.8 Å². The van der Waals surface area contributed by atoms with Crippen LogP contribution in [0.15, 0.2) is 21.6 Å². The summed E-state index contributed by atoms with van der Waals surface area (Å²) < 4.78 is 32.7. The molecule has 1 aromatic rings. The third kappa shape index (κ3) is 5.43. The van der Waals surface area contributed by atoms with Crippen molar-refractivity contribution in [2.24, 2.45) is 0 Å². The van der Waals surface area contributed by atoms with Gasteiger partial charge in [0.1, 0.15) is 5.76 Å². The average Bonchev–Trinajstić information content (AvgIpc) is 2.85. The minimum atomic E-state index is -3.73. The Hall–Kier alpha value is -0.890. The Morgan fingerprint density at radius 2 is 2.05 bits per heavy atom. The molecule has 7 heteroatoms. The molecule has 3 N–H and O–H groups in total. The van der Waals surface area contributed by atoms with Gasteiger partial charge in [-0.15, -0.1) is 0 Å². The van der Waals surface area contributed by atoms with Crippen LogP contribution >= 0.6 is 0 Å². The molecule has 0 spiro atoms. The molecule has 0 aliphatic heterocycles. The molecule has 0 fully saturated rings. The molecule has 0 aromatic carbocycles. The van der Waals surface area contributed by atoms with Crippen molar-refractivity contribution < 1.29 is 17.9 Å². The van der Waals surface area contributed by atoms with Gasteiger partial charge in [0.2, 0.25) is 5.09 Å². The van der Waals surface area contributed by atoms with Gasteiger partial charge in [-0.05, 0) is 31.9 Å². The summed E-state index contributed by atoms with van der Waals surface area (Å²) in [4.78, 5) is 0. The molecule has 1 rings (SSSR count). The van der Waals surface area contributed by atoms with E-state index < -0.39 is 15.6 Å². The number of aliphatic hydroxyl groups is 1. The maximum absolute atomic E-state index is 12.3. The second kappa shape index (κ2) is 7.40. The van der Waals surface area contributed by atoms with E-state index in [4.69, 9.17) is 9.52 Å². The van der Waals surface area contributed by atoms with E-state index in [0.717, 1.165) is 0 Å². The van der Waals surface area contributed by atoms with Crippen LogP contribution < -0.4 is 10.0 Å². The number of sulfonamides is 1. The number of furan rings is 1. The zero-order chi connectivity index (χ0) is 16.1. The lowest BCUT2D eigenvalue weighted by Gasteiger charge is -2.27. The topological polar surface area (TPSA) is 91.6 Å². The van der Waals surface area contributed by atoms with Gasteiger partial charge in [0.05, 0.1) is 6.54 Å². The van der Waals surface area contributed by atoms with E-state index in [9.17, 15) is 8.42 Å². The molecule has 1 aromatic heterocycles. The van der Waals surface area contributed by atoms with Crippen molar-refractivity contribution in [3.05, 3.63) is 17.9 Å². The highest BCUT2D eigenvalue weighted by atomic mass is 32.2. The summed E-state index contributed by atoms with van der Waals surface area (Å²) in [6, 6.07) is 3.40. The van der Waals surface area contributed by atoms with E-state index in [2.05, 4.69) is 10.0 Å². The normalized spacial score (nSPS) is 15.3. The molecule has 0 radical (unpaired) electrons. The van der Waals surface area contributed by atoms with Crippen LogP contribution in [0.3, 0.4) is 0 Å². The van der Waals surface area contributed by atoms with Gasteiger partial charge >= 0.3 is 0 Å². The maximum Gasteiger partial charge on any atom is 0.274 e. The Labute approximate surface area is 127 Å². The van der Waals surface area contributed by atoms with E-state index in [1.165, 1.54) is 6.07 Å². The van der Waals surface area contributed by atoms with Gasteiger partial charge in [-0.2, -0.15) is 0 Å². The molecule has 0 saturated carbocycles. The fraction of sp³-hybridized carbons (Fsp3) is 0.714. The van der Waals surface area contributed by atoms with Crippen LogP contribution in [-0.4, -0.2) is 31.7 Å². The van der Waals surface area contributed by atoms with Gasteiger partial charge in [-0.1, -0.05) is 20.8 Å². The van der Waals surface area contributed by atoms with E-state index in [1.54, 1.807) is 13.0 Å². The summed E-state index contributed by atoms with van der Waals surface area (Å²) in [7, 11) is -3.73. The van der Waals surface area contributed by atoms with E-state index >= 15 is 0 Å². The van der Waals surface area contributed by atoms with Gasteiger partial charge in [0.15, 0.2) is 0 Å². The van der Waals surface area contributed by atoms with Crippen molar-refractivity contribution in [2.75, 3.05) is 6.61 Å². The summed E-state index contributed by atoms with van der Waals surface area (Å²) in [5.74, 6) is 0.574. The number of aliphatic hydroxyl groups excluding tert-OH is 1. The zero-order valence-corrected chi connectivity index (χ0v) is 14.0. The van der Waals surface area contributed by atoms with E-state index in [0.29, 0.717) is 31.2 Å². The molecule has 0 aliphatic rings. The quantitative estimate of drug-likeness (QED) is 0.643. The van der Waals surface area contributed by atoms with Crippen LogP contribution in [0.4, 0.5) is 0 Å². The van der Waals surface area contributed by atoms with Gasteiger partial charge in [0, 0.05) is 18.2 Å². The van der Waals surface area contributed by atoms with Crippen molar-refractivity contribution in [1.29, 1.82) is 0 Å². The van der Waals surface area contributed by atoms with Crippen LogP contribution in [-0.2, 0) is 16.6 Å². The summed E-state index contributed by atoms with van der Waals surface area (Å²) >= 11 is 0. The number of hydrogen-bond acceptors (Lipinski definition) is 5. The smallest absolute Gasteiger partial charge is 0.274 e. The highest BCUT2D eigenvalue weighted by Crippen LogP contribution is 2.20. The molecular weight excluding hydrogens is 292 g/mol. The fourth-order valence-corrected chi connectivity index (χ4v) is 3.28. The first-order valence-electron chi connectivity index (χ1n) is 7.19. The minimum absolute atomic E-state index is 0.0748. The Morgan fingerprint density at radius 1 is 1.38 bits per heavy atom. The lowest BCUT2D eigenvalue weighted by Crippen LogP contribution is -2.45. The molecular formula is C14H26N2O4S. The highest BCUT2D eigenvalue weighted by Gasteiger charge is 2.30. The third-order valence-corrected chi connectivity index (χ3v) is 4.92. The highest BCUT2D eigenvalue weighted by molar-refractivity contribution is 7.89. The SMILES string of the molecule is CCC(C)(CCO)NS(=O)(=O)c1ccc(CNC(C)C)o1. The molecule has 1 unspecified atom stereocenters. The number of hydrogen-bond donors (Lipinski definition) is 3. The average molecular weight is 318 g/mol. The Kier molecular flexibility index (Phi) is 6.40. The molecule has 1 atom stereocenters. The second-order valence-corrected chi connectivity index (χ2v) is 7.36. The summed E-state index contributed by atoms with van der Waals surface area (Å²) in [6.07, 6.45) is 0.931. The Balaban J connectivity index is 2.83. The van der Waals surface area contributed by atoms with Crippen LogP contribution in [0.5, 0.6) is 0 Å². The molecule has 1 heterocycles. The van der Waals surface area contributed by atoms with E-state index in [-0.39, 0.29) is 11.7 Å². The van der Waals surface area contributed by atoms with Gasteiger partial charge in [-0.3, -0.25) is 0 Å². The molecule has 0 saturated heterocycles. The van der Waals surface area contributed by atoms with Crippen LogP contribution in [0.25, 0.3) is 0 Å². The van der Waals surface area contributed by atoms with Crippen molar-refractivity contribution in [3.63, 3.8) is 0 Å². The van der Waals surface area contributed by atoms with Crippen molar-refractivity contribution in [1.82, 2.24) is 10.0 Å². The number of nitrogens with one attached hydrogen (secondary N) is 2. The molecule has 0 aliphatic carbocycles. The van der Waals surface area contributed by atoms with Gasteiger partial charge in [-0.25, -0.2) is 13.1 Å². The predicted octanol–water partition coefficient (Wildman–Crippen LogP) is 1.61. The summed E-state index contributed by atoms with van der Waals surface area (Å²) in [5, 5.41) is 12.1. The second-order valence-electron chi connectivity index (χ2n) is 5.75. The molecule has 0 amide bonds. The molecule has 0 bridgehead atoms. The zero-order valence-electron chi connectivity index (χ0n) is 13.1. The molecule has 6 nitrogen and oxygen atoms in total. The molecule has 122 valence electrons. The largest absolute Gasteiger partial charge is 0.447 e. The van der Waals surface area contributed by atoms with Crippen LogP contribution in [0.1, 0.15) is 46.3 Å². The predicted molar refractivity (Wildman–Crippen MR) is 81.4 cm³/mol. The lowest BCUT2D eigenvalue weighted by atomic mass is 9.97. The van der Waals surface area contributed by atoms with Gasteiger partial charge < -0.3 is 14.8 Å². The van der Waals surface area contributed by atoms with Crippen LogP contribution in [0, 0.1) is 0 Å². The fourth-order valence-electron chi connectivity index (χ4n) is 1.82. The third-order valence-electron chi connectivity index (χ3n) is 3.41. The monoisotopic (exact) mass is 318 g/mol. The Morgan fingerprint density at radius 3 is 2.57 bits per heavy atom. The van der Waals surface area contributed by atoms with Crippen molar-refractivity contribution >= 4 is 10.0 Å². The minimum Gasteiger partial charge on any atom is -0.447 e. The number of rotatable bonds is 9. The van der Waals surface area contributed by atoms with Crippen LogP contribution in [0.2, 0.25) is 0 Å². The lowest BCUT2D eigenvalue weighted by molar-refractivity contribution is 0.232. The first kappa shape index (κ1) is 18.2. The van der Waals surface area contributed by atoms with E-state index in [1.807, 2.05) is 20.8 Å². The Bertz CT molecular complexity index is 539. The maximum atomic E-state index is 12.3. The first-order chi connectivity index (χ1) is 9.72. The van der Waals surface area contributed by atoms with Crippen molar-refractivity contribution in [3.8, 4) is 0 Å². The summed E-state index contributed by atoms with van der Waals surface area (Å²) in [5.41, 5.74) is -0.684. The van der Waals surface area contributed by atoms with Gasteiger partial charge in [0.25, 0.3) is 10.0 Å². The first-order valence-corrected chi connectivity index (χ1v) is 8.67. The standard InChI is InChI=1S/C14H26N2O4S/c1-5-14(4,8-9-17)16-21(18,19)13-7-6-12(20-13)10-15-11(2)3/h6-7,11,15-17H,5,8-10H2,1-4H3. The molecule has 21 heavy (non-hydrogen) atoms. The summed E-state index contributed by atoms with van der Waals surface area (Å²) in [6.45, 7) is 8.06.